The van der Waals surface area contributed by atoms with Gasteiger partial charge in [-0.2, -0.15) is 0 Å². The van der Waals surface area contributed by atoms with Crippen LogP contribution in [0.1, 0.15) is 0 Å². The predicted molar refractivity (Wildman–Crippen MR) is 44.8 cm³/mol. The molecule has 1 rings (SSSR count). The third kappa shape index (κ3) is 4.16. The van der Waals surface area contributed by atoms with Gasteiger partial charge >= 0.3 is 0 Å². The van der Waals surface area contributed by atoms with E-state index in [-0.39, 0.29) is 23.4 Å². The molecule has 0 atom stereocenters. The molecule has 7 heteroatoms. The Bertz CT molecular complexity index is 198. The van der Waals surface area contributed by atoms with Gasteiger partial charge in [0.2, 0.25) is 0 Å². The molecule has 1 aliphatic rings. The van der Waals surface area contributed by atoms with Crippen LogP contribution in [-0.4, -0.2) is 66.8 Å². The van der Waals surface area contributed by atoms with E-state index in [9.17, 15) is 8.78 Å². The Kier molecular flexibility index (Phi) is 5.35. The second-order valence-electron chi connectivity index (χ2n) is 4.02. The number of alkyl halides is 2. The normalized spacial score (nSPS) is 21.2. The fourth-order valence-electron chi connectivity index (χ4n) is 1.57. The van der Waals surface area contributed by atoms with E-state index in [1.54, 1.807) is 7.05 Å². The molecule has 0 aromatic heterocycles. The molecule has 0 saturated carbocycles. The fraction of sp³-hybridized carbons (Fsp3) is 1.00. The number of hydrogen-bond donors (Lipinski definition) is 2. The van der Waals surface area contributed by atoms with Crippen LogP contribution in [0, 0.1) is 0 Å². The van der Waals surface area contributed by atoms with Crippen LogP contribution in [0.2, 0.25) is 0 Å². The first kappa shape index (κ1) is 15.0. The van der Waals surface area contributed by atoms with Crippen molar-refractivity contribution >= 4 is 0 Å². The van der Waals surface area contributed by atoms with Gasteiger partial charge in [-0.05, 0) is 0 Å². The third-order valence-corrected chi connectivity index (χ3v) is 2.51. The van der Waals surface area contributed by atoms with Crippen LogP contribution < -0.4 is 12.4 Å². The zero-order valence-corrected chi connectivity index (χ0v) is 9.25. The summed E-state index contributed by atoms with van der Waals surface area (Å²) in [5.41, 5.74) is 0. The maximum absolute atomic E-state index is 12.2. The molecule has 1 fully saturated rings. The molecule has 0 amide bonds. The number of halogens is 3. The van der Waals surface area contributed by atoms with E-state index >= 15 is 0 Å². The lowest BCUT2D eigenvalue weighted by molar-refractivity contribution is -0.926. The van der Waals surface area contributed by atoms with Crippen molar-refractivity contribution in [1.82, 2.24) is 0 Å². The number of quaternary nitrogens is 1. The van der Waals surface area contributed by atoms with Crippen LogP contribution >= 0.6 is 0 Å². The molecule has 0 aromatic rings. The largest absolute Gasteiger partial charge is 1.00 e. The number of hydrogen-bond acceptors (Lipinski definition) is 3. The lowest BCUT2D eigenvalue weighted by atomic mass is 10.2. The molecule has 0 aliphatic carbocycles. The summed E-state index contributed by atoms with van der Waals surface area (Å²) in [6.45, 7) is 1.62. The van der Waals surface area contributed by atoms with Crippen LogP contribution in [0.25, 0.3) is 0 Å². The summed E-state index contributed by atoms with van der Waals surface area (Å²) >= 11 is 0. The second kappa shape index (κ2) is 5.36. The van der Waals surface area contributed by atoms with Crippen molar-refractivity contribution in [3.05, 3.63) is 0 Å². The van der Waals surface area contributed by atoms with E-state index in [0.29, 0.717) is 26.3 Å². The summed E-state index contributed by atoms with van der Waals surface area (Å²) in [5.74, 6) is -2.90. The van der Waals surface area contributed by atoms with Crippen molar-refractivity contribution in [2.75, 3.05) is 39.9 Å². The van der Waals surface area contributed by atoms with Gasteiger partial charge in [-0.1, -0.05) is 0 Å². The predicted octanol–water partition coefficient (Wildman–Crippen LogP) is -3.59. The molecule has 0 unspecified atom stereocenters. The molecular formula is C8H16ClF2NO3. The van der Waals surface area contributed by atoms with Gasteiger partial charge in [0.05, 0.1) is 20.3 Å². The van der Waals surface area contributed by atoms with Gasteiger partial charge < -0.3 is 31.8 Å². The first-order chi connectivity index (χ1) is 6.36. The highest BCUT2D eigenvalue weighted by atomic mass is 35.5. The minimum Gasteiger partial charge on any atom is -1.00 e. The quantitative estimate of drug-likeness (QED) is 0.401. The second-order valence-corrected chi connectivity index (χ2v) is 4.02. The third-order valence-electron chi connectivity index (χ3n) is 2.51. The summed E-state index contributed by atoms with van der Waals surface area (Å²) in [5, 5.41) is 18.1. The SMILES string of the molecule is C[N+]1(CC(O)(O)C(F)F)CCOCC1.[Cl-]. The zero-order valence-electron chi connectivity index (χ0n) is 8.50. The number of rotatable bonds is 3. The van der Waals surface area contributed by atoms with E-state index < -0.39 is 12.2 Å². The minimum atomic E-state index is -3.14. The molecular weight excluding hydrogens is 232 g/mol. The molecule has 1 heterocycles. The van der Waals surface area contributed by atoms with E-state index in [0.717, 1.165) is 0 Å². The number of aliphatic hydroxyl groups is 2. The smallest absolute Gasteiger partial charge is 0.297 e. The van der Waals surface area contributed by atoms with Gasteiger partial charge in [0.15, 0.2) is 0 Å². The Hall–Kier alpha value is -0.0100. The maximum atomic E-state index is 12.2. The number of ether oxygens (including phenoxy) is 1. The molecule has 0 spiro atoms. The van der Waals surface area contributed by atoms with E-state index in [1.807, 2.05) is 0 Å². The van der Waals surface area contributed by atoms with Crippen molar-refractivity contribution < 1.29 is 40.6 Å². The van der Waals surface area contributed by atoms with Gasteiger partial charge in [-0.3, -0.25) is 0 Å². The van der Waals surface area contributed by atoms with Crippen LogP contribution in [-0.2, 0) is 4.74 Å². The van der Waals surface area contributed by atoms with Crippen LogP contribution in [0.15, 0.2) is 0 Å². The first-order valence-electron chi connectivity index (χ1n) is 4.50. The number of morpholine rings is 1. The Morgan fingerprint density at radius 2 is 1.80 bits per heavy atom. The van der Waals surface area contributed by atoms with Crippen molar-refractivity contribution in [3.63, 3.8) is 0 Å². The van der Waals surface area contributed by atoms with Crippen LogP contribution in [0.4, 0.5) is 8.78 Å². The fourth-order valence-corrected chi connectivity index (χ4v) is 1.57. The van der Waals surface area contributed by atoms with Crippen LogP contribution in [0.3, 0.4) is 0 Å². The highest BCUT2D eigenvalue weighted by molar-refractivity contribution is 4.67. The summed E-state index contributed by atoms with van der Waals surface area (Å²) < 4.78 is 29.7. The molecule has 92 valence electrons. The Morgan fingerprint density at radius 1 is 1.33 bits per heavy atom. The molecule has 1 saturated heterocycles. The monoisotopic (exact) mass is 247 g/mol. The summed E-state index contributed by atoms with van der Waals surface area (Å²) in [6, 6.07) is 0. The average molecular weight is 248 g/mol. The topological polar surface area (TPSA) is 49.7 Å². The summed E-state index contributed by atoms with van der Waals surface area (Å²) in [7, 11) is 1.71. The molecule has 0 radical (unpaired) electrons. The van der Waals surface area contributed by atoms with Gasteiger partial charge in [0.1, 0.15) is 19.6 Å². The van der Waals surface area contributed by atoms with E-state index in [4.69, 9.17) is 14.9 Å². The highest BCUT2D eigenvalue weighted by Crippen LogP contribution is 2.19. The lowest BCUT2D eigenvalue weighted by Gasteiger charge is -2.40. The van der Waals surface area contributed by atoms with Crippen molar-refractivity contribution in [2.45, 2.75) is 12.2 Å². The van der Waals surface area contributed by atoms with Crippen LogP contribution in [0.5, 0.6) is 0 Å². The number of likely N-dealkylation sites (N-methyl/N-ethyl adjacent to an activating group) is 1. The van der Waals surface area contributed by atoms with Crippen molar-refractivity contribution in [2.24, 2.45) is 0 Å². The molecule has 2 N–H and O–H groups in total. The van der Waals surface area contributed by atoms with E-state index in [1.165, 1.54) is 0 Å². The molecule has 15 heavy (non-hydrogen) atoms. The van der Waals surface area contributed by atoms with Gasteiger partial charge in [0, 0.05) is 0 Å². The van der Waals surface area contributed by atoms with Crippen molar-refractivity contribution in [1.29, 1.82) is 0 Å². The Labute approximate surface area is 93.4 Å². The summed E-state index contributed by atoms with van der Waals surface area (Å²) in [6.07, 6.45) is -3.14. The Balaban J connectivity index is 0.00000196. The molecule has 0 aromatic carbocycles. The van der Waals surface area contributed by atoms with Gasteiger partial charge in [0.25, 0.3) is 12.2 Å². The highest BCUT2D eigenvalue weighted by Gasteiger charge is 2.44. The molecule has 1 aliphatic heterocycles. The minimum absolute atomic E-state index is 0. The van der Waals surface area contributed by atoms with Crippen molar-refractivity contribution in [3.8, 4) is 0 Å². The van der Waals surface area contributed by atoms with Gasteiger partial charge in [-0.15, -0.1) is 0 Å². The maximum Gasteiger partial charge on any atom is 0.297 e. The van der Waals surface area contributed by atoms with Gasteiger partial charge in [-0.25, -0.2) is 8.78 Å². The number of nitrogens with zero attached hydrogens (tertiary/aromatic N) is 1. The first-order valence-corrected chi connectivity index (χ1v) is 4.50. The molecule has 0 bridgehead atoms. The van der Waals surface area contributed by atoms with E-state index in [2.05, 4.69) is 0 Å². The zero-order chi connectivity index (χ0) is 10.8. The molecule has 4 nitrogen and oxygen atoms in total. The standard InChI is InChI=1S/C8H16F2NO3.ClH/c1-11(2-4-14-5-3-11)6-8(12,13)7(9)10;/h7,12-13H,2-6H2,1H3;1H/q+1;/p-1. The average Bonchev–Trinajstić information content (AvgIpc) is 2.03. The Morgan fingerprint density at radius 3 is 2.20 bits per heavy atom. The lowest BCUT2D eigenvalue weighted by Crippen LogP contribution is -3.00. The summed E-state index contributed by atoms with van der Waals surface area (Å²) in [4.78, 5) is 0.